The van der Waals surface area contributed by atoms with Crippen molar-refractivity contribution in [2.45, 2.75) is 19.8 Å². The number of oxime groups is 1. The number of hydrogen-bond donors (Lipinski definition) is 1. The second-order valence-corrected chi connectivity index (χ2v) is 5.02. The molecule has 3 nitrogen and oxygen atoms in total. The highest BCUT2D eigenvalue weighted by Crippen LogP contribution is 2.36. The Balaban J connectivity index is 2.25. The quantitative estimate of drug-likeness (QED) is 0.659. The van der Waals surface area contributed by atoms with Gasteiger partial charge < -0.3 is 10.1 Å². The van der Waals surface area contributed by atoms with E-state index in [0.29, 0.717) is 6.42 Å². The lowest BCUT2D eigenvalue weighted by Gasteiger charge is -2.26. The van der Waals surface area contributed by atoms with Crippen molar-refractivity contribution in [2.75, 3.05) is 11.4 Å². The third kappa shape index (κ3) is 2.05. The molecule has 1 aliphatic rings. The fourth-order valence-electron chi connectivity index (χ4n) is 2.84. The summed E-state index contributed by atoms with van der Waals surface area (Å²) in [6.07, 6.45) is 1.72. The molecule has 1 aliphatic heterocycles. The number of nitrogens with zero attached hydrogens (tertiary/aromatic N) is 2. The van der Waals surface area contributed by atoms with Gasteiger partial charge in [-0.25, -0.2) is 0 Å². The van der Waals surface area contributed by atoms with Gasteiger partial charge in [0, 0.05) is 24.2 Å². The summed E-state index contributed by atoms with van der Waals surface area (Å²) in [7, 11) is 0. The number of fused-ring (bicyclic) bond motifs is 2. The molecule has 1 N–H and O–H groups in total. The molecule has 3 rings (SSSR count). The summed E-state index contributed by atoms with van der Waals surface area (Å²) in [5, 5.41) is 12.9. The minimum atomic E-state index is 0.657. The van der Waals surface area contributed by atoms with Crippen LogP contribution in [0, 0.1) is 0 Å². The van der Waals surface area contributed by atoms with Crippen LogP contribution in [-0.4, -0.2) is 17.5 Å². The Bertz CT molecular complexity index is 649. The first-order chi connectivity index (χ1) is 9.85. The Kier molecular flexibility index (Phi) is 3.42. The molecule has 0 saturated heterocycles. The summed E-state index contributed by atoms with van der Waals surface area (Å²) in [6.45, 7) is 3.13. The molecule has 0 fully saturated rings. The van der Waals surface area contributed by atoms with E-state index in [0.717, 1.165) is 29.9 Å². The number of anilines is 2. The van der Waals surface area contributed by atoms with Crippen LogP contribution < -0.4 is 4.90 Å². The van der Waals surface area contributed by atoms with Crippen LogP contribution in [0.5, 0.6) is 0 Å². The van der Waals surface area contributed by atoms with Crippen LogP contribution in [0.3, 0.4) is 0 Å². The topological polar surface area (TPSA) is 35.8 Å². The van der Waals surface area contributed by atoms with E-state index in [1.54, 1.807) is 0 Å². The van der Waals surface area contributed by atoms with Crippen LogP contribution in [0.2, 0.25) is 0 Å². The molecule has 0 unspecified atom stereocenters. The molecule has 102 valence electrons. The monoisotopic (exact) mass is 266 g/mol. The average Bonchev–Trinajstić information content (AvgIpc) is 2.63. The summed E-state index contributed by atoms with van der Waals surface area (Å²) in [6, 6.07) is 16.5. The van der Waals surface area contributed by atoms with Crippen molar-refractivity contribution >= 4 is 17.1 Å². The average molecular weight is 266 g/mol. The number of benzene rings is 2. The van der Waals surface area contributed by atoms with E-state index in [2.05, 4.69) is 41.2 Å². The summed E-state index contributed by atoms with van der Waals surface area (Å²) in [4.78, 5) is 2.32. The van der Waals surface area contributed by atoms with Crippen molar-refractivity contribution in [3.8, 4) is 0 Å². The van der Waals surface area contributed by atoms with Crippen LogP contribution in [0.4, 0.5) is 11.4 Å². The van der Waals surface area contributed by atoms with Gasteiger partial charge in [-0.15, -0.1) is 0 Å². The normalized spacial score (nSPS) is 15.7. The summed E-state index contributed by atoms with van der Waals surface area (Å²) in [5.41, 5.74) is 5.27. The molecular formula is C17H18N2O. The predicted octanol–water partition coefficient (Wildman–Crippen LogP) is 3.97. The Labute approximate surface area is 119 Å². The number of para-hydroxylation sites is 2. The molecule has 0 saturated carbocycles. The highest BCUT2D eigenvalue weighted by molar-refractivity contribution is 6.08. The van der Waals surface area contributed by atoms with Crippen LogP contribution in [0.15, 0.2) is 53.7 Å². The second-order valence-electron chi connectivity index (χ2n) is 5.02. The molecule has 0 aliphatic carbocycles. The van der Waals surface area contributed by atoms with E-state index < -0.39 is 0 Å². The van der Waals surface area contributed by atoms with Gasteiger partial charge in [-0.05, 0) is 24.1 Å². The molecule has 3 heteroatoms. The van der Waals surface area contributed by atoms with Gasteiger partial charge in [-0.3, -0.25) is 0 Å². The molecule has 20 heavy (non-hydrogen) atoms. The third-order valence-corrected chi connectivity index (χ3v) is 3.71. The molecule has 2 aromatic carbocycles. The third-order valence-electron chi connectivity index (χ3n) is 3.71. The van der Waals surface area contributed by atoms with Gasteiger partial charge in [-0.1, -0.05) is 48.5 Å². The fourth-order valence-corrected chi connectivity index (χ4v) is 2.84. The Morgan fingerprint density at radius 3 is 2.50 bits per heavy atom. The van der Waals surface area contributed by atoms with Gasteiger partial charge in [0.2, 0.25) is 0 Å². The molecule has 0 bridgehead atoms. The van der Waals surface area contributed by atoms with Gasteiger partial charge >= 0.3 is 0 Å². The molecular weight excluding hydrogens is 248 g/mol. The van der Waals surface area contributed by atoms with Crippen LogP contribution in [-0.2, 0) is 6.42 Å². The van der Waals surface area contributed by atoms with E-state index in [9.17, 15) is 5.21 Å². The Morgan fingerprint density at radius 2 is 1.75 bits per heavy atom. The van der Waals surface area contributed by atoms with Crippen molar-refractivity contribution in [3.63, 3.8) is 0 Å². The minimum absolute atomic E-state index is 0.657. The zero-order valence-corrected chi connectivity index (χ0v) is 11.6. The van der Waals surface area contributed by atoms with Gasteiger partial charge in [0.25, 0.3) is 0 Å². The summed E-state index contributed by atoms with van der Waals surface area (Å²) >= 11 is 0. The van der Waals surface area contributed by atoms with Crippen molar-refractivity contribution < 1.29 is 5.21 Å². The maximum Gasteiger partial charge on any atom is 0.0933 e. The van der Waals surface area contributed by atoms with E-state index in [4.69, 9.17) is 0 Å². The summed E-state index contributed by atoms with van der Waals surface area (Å²) < 4.78 is 0. The van der Waals surface area contributed by atoms with Crippen LogP contribution in [0.25, 0.3) is 0 Å². The second kappa shape index (κ2) is 5.37. The van der Waals surface area contributed by atoms with Crippen LogP contribution >= 0.6 is 0 Å². The minimum Gasteiger partial charge on any atom is -0.411 e. The SMILES string of the molecule is CCCN1c2ccccc2CC(=NO)c2ccccc21. The molecule has 0 spiro atoms. The predicted molar refractivity (Wildman–Crippen MR) is 82.2 cm³/mol. The molecule has 1 heterocycles. The van der Waals surface area contributed by atoms with Gasteiger partial charge in [0.1, 0.15) is 0 Å². The highest BCUT2D eigenvalue weighted by Gasteiger charge is 2.23. The lowest BCUT2D eigenvalue weighted by Crippen LogP contribution is -2.19. The van der Waals surface area contributed by atoms with Crippen molar-refractivity contribution in [1.82, 2.24) is 0 Å². The largest absolute Gasteiger partial charge is 0.411 e. The Morgan fingerprint density at radius 1 is 1.05 bits per heavy atom. The Hall–Kier alpha value is -2.29. The highest BCUT2D eigenvalue weighted by atomic mass is 16.4. The first-order valence-electron chi connectivity index (χ1n) is 7.01. The van der Waals surface area contributed by atoms with E-state index in [1.165, 1.54) is 11.3 Å². The molecule has 0 aromatic heterocycles. The number of rotatable bonds is 2. The van der Waals surface area contributed by atoms with Crippen molar-refractivity contribution in [3.05, 3.63) is 59.7 Å². The van der Waals surface area contributed by atoms with Gasteiger partial charge in [-0.2, -0.15) is 0 Å². The van der Waals surface area contributed by atoms with E-state index >= 15 is 0 Å². The maximum absolute atomic E-state index is 9.37. The van der Waals surface area contributed by atoms with Gasteiger partial charge in [0.05, 0.1) is 11.4 Å². The first-order valence-corrected chi connectivity index (χ1v) is 7.01. The van der Waals surface area contributed by atoms with Crippen molar-refractivity contribution in [1.29, 1.82) is 0 Å². The molecule has 0 amide bonds. The maximum atomic E-state index is 9.37. The van der Waals surface area contributed by atoms with Crippen LogP contribution in [0.1, 0.15) is 24.5 Å². The van der Waals surface area contributed by atoms with E-state index in [1.807, 2.05) is 24.3 Å². The smallest absolute Gasteiger partial charge is 0.0933 e. The first kappa shape index (κ1) is 12.7. The lowest BCUT2D eigenvalue weighted by molar-refractivity contribution is 0.318. The molecule has 0 radical (unpaired) electrons. The fraction of sp³-hybridized carbons (Fsp3) is 0.235. The zero-order valence-electron chi connectivity index (χ0n) is 11.6. The van der Waals surface area contributed by atoms with E-state index in [-0.39, 0.29) is 0 Å². The van der Waals surface area contributed by atoms with Gasteiger partial charge in [0.15, 0.2) is 0 Å². The number of hydrogen-bond acceptors (Lipinski definition) is 3. The molecule has 0 atom stereocenters. The standard InChI is InChI=1S/C17H18N2O/c1-2-11-19-16-9-5-3-7-13(16)12-15(18-20)14-8-4-6-10-17(14)19/h3-10,20H,2,11-12H2,1H3. The zero-order chi connectivity index (χ0) is 13.9. The summed E-state index contributed by atoms with van der Waals surface area (Å²) in [5.74, 6) is 0. The lowest BCUT2D eigenvalue weighted by atomic mass is 10.0. The van der Waals surface area contributed by atoms with Crippen molar-refractivity contribution in [2.24, 2.45) is 5.16 Å². The molecule has 2 aromatic rings.